The molecular weight excluding hydrogens is 356 g/mol. The van der Waals surface area contributed by atoms with Gasteiger partial charge in [0.1, 0.15) is 15.9 Å². The normalized spacial score (nSPS) is 13.5. The molecule has 128 valence electrons. The van der Waals surface area contributed by atoms with E-state index in [2.05, 4.69) is 18.5 Å². The summed E-state index contributed by atoms with van der Waals surface area (Å²) < 4.78 is 36.5. The molecular formula is C17H16N4O2S2. The van der Waals surface area contributed by atoms with Gasteiger partial charge in [-0.2, -0.15) is 8.75 Å². The Balaban J connectivity index is 1.59. The van der Waals surface area contributed by atoms with Crippen LogP contribution in [-0.4, -0.2) is 28.2 Å². The molecule has 0 aliphatic rings. The van der Waals surface area contributed by atoms with Gasteiger partial charge in [0.25, 0.3) is 0 Å². The summed E-state index contributed by atoms with van der Waals surface area (Å²) in [5, 5.41) is 1.11. The largest absolute Gasteiger partial charge is 0.361 e. The number of nitrogens with one attached hydrogen (secondary N) is 2. The van der Waals surface area contributed by atoms with Gasteiger partial charge in [-0.1, -0.05) is 24.3 Å². The average Bonchev–Trinajstić information content (AvgIpc) is 3.21. The molecule has 0 saturated heterocycles. The van der Waals surface area contributed by atoms with Gasteiger partial charge in [-0.3, -0.25) is 0 Å². The maximum absolute atomic E-state index is 12.8. The van der Waals surface area contributed by atoms with Crippen LogP contribution >= 0.6 is 11.7 Å². The Morgan fingerprint density at radius 2 is 2.00 bits per heavy atom. The lowest BCUT2D eigenvalue weighted by Gasteiger charge is -2.14. The third-order valence-electron chi connectivity index (χ3n) is 4.10. The predicted octanol–water partition coefficient (Wildman–Crippen LogP) is 3.08. The smallest absolute Gasteiger partial charge is 0.243 e. The molecule has 2 aromatic heterocycles. The van der Waals surface area contributed by atoms with Crippen molar-refractivity contribution >= 4 is 43.7 Å². The molecule has 0 saturated carbocycles. The van der Waals surface area contributed by atoms with E-state index in [-0.39, 0.29) is 10.9 Å². The van der Waals surface area contributed by atoms with Crippen molar-refractivity contribution in [2.24, 2.45) is 0 Å². The summed E-state index contributed by atoms with van der Waals surface area (Å²) in [5.74, 6) is 0. The molecule has 2 N–H and O–H groups in total. The molecule has 2 heterocycles. The fraction of sp³-hybridized carbons (Fsp3) is 0.176. The summed E-state index contributed by atoms with van der Waals surface area (Å²) >= 11 is 1.01. The fourth-order valence-electron chi connectivity index (χ4n) is 3.00. The van der Waals surface area contributed by atoms with E-state index in [4.69, 9.17) is 0 Å². The Labute approximate surface area is 149 Å². The number of aromatic amines is 1. The SMILES string of the molecule is CC(Cc1c[nH]c2ccccc12)NS(=O)(=O)c1cccc2nsnc12. The highest BCUT2D eigenvalue weighted by molar-refractivity contribution is 7.89. The van der Waals surface area contributed by atoms with Crippen LogP contribution in [0.3, 0.4) is 0 Å². The zero-order chi connectivity index (χ0) is 17.4. The molecule has 0 amide bonds. The second-order valence-corrected chi connectivity index (χ2v) is 8.18. The second-order valence-electron chi connectivity index (χ2n) is 5.97. The second kappa shape index (κ2) is 6.21. The number of benzene rings is 2. The van der Waals surface area contributed by atoms with Crippen molar-refractivity contribution in [2.45, 2.75) is 24.3 Å². The van der Waals surface area contributed by atoms with E-state index in [0.29, 0.717) is 17.5 Å². The monoisotopic (exact) mass is 372 g/mol. The van der Waals surface area contributed by atoms with E-state index in [0.717, 1.165) is 28.2 Å². The van der Waals surface area contributed by atoms with Gasteiger partial charge in [-0.05, 0) is 37.1 Å². The summed E-state index contributed by atoms with van der Waals surface area (Å²) in [4.78, 5) is 3.39. The molecule has 25 heavy (non-hydrogen) atoms. The summed E-state index contributed by atoms with van der Waals surface area (Å²) in [6, 6.07) is 12.7. The lowest BCUT2D eigenvalue weighted by atomic mass is 10.1. The van der Waals surface area contributed by atoms with Crippen LogP contribution in [0.1, 0.15) is 12.5 Å². The third-order valence-corrected chi connectivity index (χ3v) is 6.26. The summed E-state index contributed by atoms with van der Waals surface area (Å²) in [6.07, 6.45) is 2.52. The molecule has 4 aromatic rings. The number of para-hydroxylation sites is 1. The average molecular weight is 372 g/mol. The Bertz CT molecular complexity index is 1150. The zero-order valence-electron chi connectivity index (χ0n) is 13.4. The number of hydrogen-bond acceptors (Lipinski definition) is 5. The Morgan fingerprint density at radius 3 is 2.88 bits per heavy atom. The minimum atomic E-state index is -3.67. The summed E-state index contributed by atoms with van der Waals surface area (Å²) in [7, 11) is -3.67. The number of hydrogen-bond donors (Lipinski definition) is 2. The first kappa shape index (κ1) is 16.2. The van der Waals surface area contributed by atoms with Crippen molar-refractivity contribution < 1.29 is 8.42 Å². The quantitative estimate of drug-likeness (QED) is 0.563. The lowest BCUT2D eigenvalue weighted by Crippen LogP contribution is -2.34. The minimum absolute atomic E-state index is 0.171. The molecule has 2 aromatic carbocycles. The zero-order valence-corrected chi connectivity index (χ0v) is 15.1. The van der Waals surface area contributed by atoms with Crippen LogP contribution in [0.4, 0.5) is 0 Å². The summed E-state index contributed by atoms with van der Waals surface area (Å²) in [6.45, 7) is 1.86. The number of aromatic nitrogens is 3. The number of rotatable bonds is 5. The van der Waals surface area contributed by atoms with Gasteiger partial charge in [0.15, 0.2) is 0 Å². The molecule has 0 spiro atoms. The molecule has 0 aliphatic carbocycles. The van der Waals surface area contributed by atoms with Crippen LogP contribution in [0.5, 0.6) is 0 Å². The summed E-state index contributed by atoms with van der Waals surface area (Å²) in [5.41, 5.74) is 3.14. The maximum atomic E-state index is 12.8. The fourth-order valence-corrected chi connectivity index (χ4v) is 5.01. The highest BCUT2D eigenvalue weighted by Crippen LogP contribution is 2.22. The number of nitrogens with zero attached hydrogens (tertiary/aromatic N) is 2. The van der Waals surface area contributed by atoms with Crippen LogP contribution in [0.25, 0.3) is 21.9 Å². The van der Waals surface area contributed by atoms with Gasteiger partial charge >= 0.3 is 0 Å². The lowest BCUT2D eigenvalue weighted by molar-refractivity contribution is 0.561. The van der Waals surface area contributed by atoms with Crippen LogP contribution in [-0.2, 0) is 16.4 Å². The van der Waals surface area contributed by atoms with Crippen LogP contribution in [0.15, 0.2) is 53.6 Å². The topological polar surface area (TPSA) is 87.7 Å². The van der Waals surface area contributed by atoms with Gasteiger partial charge < -0.3 is 4.98 Å². The van der Waals surface area contributed by atoms with Gasteiger partial charge in [0.2, 0.25) is 10.0 Å². The van der Waals surface area contributed by atoms with E-state index in [9.17, 15) is 8.42 Å². The van der Waals surface area contributed by atoms with Crippen molar-refractivity contribution in [3.63, 3.8) is 0 Å². The van der Waals surface area contributed by atoms with E-state index >= 15 is 0 Å². The first-order valence-corrected chi connectivity index (χ1v) is 10.0. The van der Waals surface area contributed by atoms with E-state index < -0.39 is 10.0 Å². The van der Waals surface area contributed by atoms with Crippen LogP contribution in [0, 0.1) is 0 Å². The first-order valence-electron chi connectivity index (χ1n) is 7.83. The van der Waals surface area contributed by atoms with Crippen molar-refractivity contribution in [3.05, 3.63) is 54.2 Å². The molecule has 0 bridgehead atoms. The minimum Gasteiger partial charge on any atom is -0.361 e. The van der Waals surface area contributed by atoms with Crippen molar-refractivity contribution in [1.82, 2.24) is 18.5 Å². The number of fused-ring (bicyclic) bond motifs is 2. The van der Waals surface area contributed by atoms with E-state index in [1.54, 1.807) is 18.2 Å². The third kappa shape index (κ3) is 3.04. The Hall–Kier alpha value is -2.29. The molecule has 0 aliphatic heterocycles. The molecule has 6 nitrogen and oxygen atoms in total. The predicted molar refractivity (Wildman–Crippen MR) is 99.2 cm³/mol. The van der Waals surface area contributed by atoms with E-state index in [1.807, 2.05) is 37.4 Å². The van der Waals surface area contributed by atoms with Crippen molar-refractivity contribution in [1.29, 1.82) is 0 Å². The Morgan fingerprint density at radius 1 is 1.16 bits per heavy atom. The molecule has 8 heteroatoms. The Kier molecular flexibility index (Phi) is 4.03. The van der Waals surface area contributed by atoms with E-state index in [1.165, 1.54) is 0 Å². The maximum Gasteiger partial charge on any atom is 0.243 e. The molecule has 0 fully saturated rings. The van der Waals surface area contributed by atoms with Gasteiger partial charge in [0, 0.05) is 23.1 Å². The van der Waals surface area contributed by atoms with Crippen LogP contribution < -0.4 is 4.72 Å². The van der Waals surface area contributed by atoms with Gasteiger partial charge in [-0.25, -0.2) is 13.1 Å². The van der Waals surface area contributed by atoms with Crippen molar-refractivity contribution in [3.8, 4) is 0 Å². The van der Waals surface area contributed by atoms with Gasteiger partial charge in [0.05, 0.1) is 11.7 Å². The van der Waals surface area contributed by atoms with Crippen LogP contribution in [0.2, 0.25) is 0 Å². The molecule has 1 atom stereocenters. The number of sulfonamides is 1. The first-order chi connectivity index (χ1) is 12.0. The highest BCUT2D eigenvalue weighted by atomic mass is 32.2. The van der Waals surface area contributed by atoms with Crippen molar-refractivity contribution in [2.75, 3.05) is 0 Å². The molecule has 0 radical (unpaired) electrons. The molecule has 4 rings (SSSR count). The molecule has 1 unspecified atom stereocenters. The van der Waals surface area contributed by atoms with Gasteiger partial charge in [-0.15, -0.1) is 0 Å². The number of H-pyrrole nitrogens is 1. The highest BCUT2D eigenvalue weighted by Gasteiger charge is 2.22. The standard InChI is InChI=1S/C17H16N4O2S2/c1-11(9-12-10-18-14-6-3-2-5-13(12)14)21-25(22,23)16-8-4-7-15-17(16)20-24-19-15/h2-8,10-11,18,21H,9H2,1H3.